The number of nitrogens with two attached hydrogens (primary N) is 1. The molecule has 9 heteroatoms. The molecule has 1 amide bonds. The number of aromatic nitrogens is 2. The first-order valence-electron chi connectivity index (χ1n) is 9.54. The average Bonchev–Trinajstić information content (AvgIpc) is 3.53. The molecular formula is C20H27Cl2N5O2. The lowest BCUT2D eigenvalue weighted by atomic mass is 10.1. The number of halogens is 2. The number of anilines is 1. The molecule has 1 atom stereocenters. The van der Waals surface area contributed by atoms with Gasteiger partial charge in [-0.3, -0.25) is 4.79 Å². The lowest BCUT2D eigenvalue weighted by molar-refractivity contribution is -0.0236. The minimum atomic E-state index is 0. The maximum atomic E-state index is 12.8. The van der Waals surface area contributed by atoms with Gasteiger partial charge in [-0.15, -0.1) is 35.0 Å². The van der Waals surface area contributed by atoms with Gasteiger partial charge in [0.25, 0.3) is 5.91 Å². The van der Waals surface area contributed by atoms with E-state index in [-0.39, 0.29) is 36.8 Å². The van der Waals surface area contributed by atoms with Crippen molar-refractivity contribution in [1.82, 2.24) is 15.1 Å². The first kappa shape index (κ1) is 23.3. The molecule has 2 heterocycles. The zero-order valence-corrected chi connectivity index (χ0v) is 17.8. The van der Waals surface area contributed by atoms with Crippen molar-refractivity contribution in [3.63, 3.8) is 0 Å². The summed E-state index contributed by atoms with van der Waals surface area (Å²) in [6.45, 7) is 2.34. The molecule has 2 fully saturated rings. The van der Waals surface area contributed by atoms with Crippen LogP contribution in [-0.4, -0.2) is 59.4 Å². The minimum absolute atomic E-state index is 0. The van der Waals surface area contributed by atoms with Crippen LogP contribution in [0.4, 0.5) is 5.82 Å². The molecule has 1 saturated carbocycles. The fraction of sp³-hybridized carbons (Fsp3) is 0.450. The molecule has 29 heavy (non-hydrogen) atoms. The molecule has 1 aliphatic carbocycles. The number of hydrogen-bond donors (Lipinski definition) is 2. The van der Waals surface area contributed by atoms with Crippen molar-refractivity contribution < 1.29 is 9.53 Å². The highest BCUT2D eigenvalue weighted by Crippen LogP contribution is 2.24. The second-order valence-corrected chi connectivity index (χ2v) is 7.12. The van der Waals surface area contributed by atoms with E-state index in [0.717, 1.165) is 23.5 Å². The largest absolute Gasteiger partial charge is 0.374 e. The average molecular weight is 440 g/mol. The standard InChI is InChI=1S/C20H25N5O2.2ClH/c21-10-9-17-13-25(11-12-27-17)20(26)15-3-1-14(2-4-15)18-7-8-19(24-23-18)22-16-5-6-16;;/h1-4,7-8,16-17H,5-6,9-13,21H2,(H,22,24);2*1H. The van der Waals surface area contributed by atoms with Gasteiger partial charge in [-0.2, -0.15) is 0 Å². The number of nitrogens with zero attached hydrogens (tertiary/aromatic N) is 3. The van der Waals surface area contributed by atoms with E-state index in [1.165, 1.54) is 12.8 Å². The Morgan fingerprint density at radius 2 is 1.90 bits per heavy atom. The highest BCUT2D eigenvalue weighted by molar-refractivity contribution is 5.94. The van der Waals surface area contributed by atoms with Gasteiger partial charge in [-0.25, -0.2) is 0 Å². The minimum Gasteiger partial charge on any atom is -0.374 e. The third-order valence-corrected chi connectivity index (χ3v) is 4.94. The molecule has 158 valence electrons. The summed E-state index contributed by atoms with van der Waals surface area (Å²) in [4.78, 5) is 14.6. The molecule has 1 aliphatic heterocycles. The van der Waals surface area contributed by atoms with Crippen molar-refractivity contribution in [2.24, 2.45) is 5.73 Å². The second kappa shape index (κ2) is 10.7. The molecule has 3 N–H and O–H groups in total. The van der Waals surface area contributed by atoms with Crippen LogP contribution in [0.15, 0.2) is 36.4 Å². The van der Waals surface area contributed by atoms with E-state index in [0.29, 0.717) is 37.8 Å². The van der Waals surface area contributed by atoms with Gasteiger partial charge < -0.3 is 20.7 Å². The molecule has 2 aromatic rings. The monoisotopic (exact) mass is 439 g/mol. The van der Waals surface area contributed by atoms with E-state index in [4.69, 9.17) is 10.5 Å². The van der Waals surface area contributed by atoms with Crippen LogP contribution >= 0.6 is 24.8 Å². The number of benzene rings is 1. The Hall–Kier alpha value is -1.93. The van der Waals surface area contributed by atoms with Crippen LogP contribution in [0, 0.1) is 0 Å². The summed E-state index contributed by atoms with van der Waals surface area (Å²) in [5, 5.41) is 11.8. The third kappa shape index (κ3) is 6.02. The van der Waals surface area contributed by atoms with Gasteiger partial charge in [0.1, 0.15) is 5.82 Å². The lowest BCUT2D eigenvalue weighted by Gasteiger charge is -2.33. The number of ether oxygens (including phenoxy) is 1. The molecule has 0 bridgehead atoms. The maximum Gasteiger partial charge on any atom is 0.254 e. The smallest absolute Gasteiger partial charge is 0.254 e. The van der Waals surface area contributed by atoms with Gasteiger partial charge >= 0.3 is 0 Å². The fourth-order valence-electron chi connectivity index (χ4n) is 3.23. The van der Waals surface area contributed by atoms with Gasteiger partial charge in [0.2, 0.25) is 0 Å². The molecule has 1 aromatic heterocycles. The van der Waals surface area contributed by atoms with Gasteiger partial charge in [-0.1, -0.05) is 12.1 Å². The number of rotatable bonds is 6. The highest BCUT2D eigenvalue weighted by Gasteiger charge is 2.24. The van der Waals surface area contributed by atoms with E-state index < -0.39 is 0 Å². The Balaban J connectivity index is 0.00000150. The zero-order chi connectivity index (χ0) is 18.6. The summed E-state index contributed by atoms with van der Waals surface area (Å²) in [6.07, 6.45) is 3.21. The predicted molar refractivity (Wildman–Crippen MR) is 118 cm³/mol. The first-order valence-corrected chi connectivity index (χ1v) is 9.54. The van der Waals surface area contributed by atoms with Crippen molar-refractivity contribution >= 4 is 36.5 Å². The van der Waals surface area contributed by atoms with Gasteiger partial charge in [0.05, 0.1) is 18.4 Å². The quantitative estimate of drug-likeness (QED) is 0.718. The van der Waals surface area contributed by atoms with Crippen LogP contribution in [0.5, 0.6) is 0 Å². The van der Waals surface area contributed by atoms with Crippen LogP contribution < -0.4 is 11.1 Å². The Labute approximate surface area is 183 Å². The Kier molecular flexibility index (Phi) is 8.64. The molecular weight excluding hydrogens is 413 g/mol. The Bertz CT molecular complexity index is 782. The summed E-state index contributed by atoms with van der Waals surface area (Å²) in [6, 6.07) is 12.0. The van der Waals surface area contributed by atoms with Crippen molar-refractivity contribution in [3.05, 3.63) is 42.0 Å². The van der Waals surface area contributed by atoms with E-state index >= 15 is 0 Å². The molecule has 0 radical (unpaired) electrons. The number of hydrogen-bond acceptors (Lipinski definition) is 6. The fourth-order valence-corrected chi connectivity index (χ4v) is 3.23. The lowest BCUT2D eigenvalue weighted by Crippen LogP contribution is -2.46. The third-order valence-electron chi connectivity index (χ3n) is 4.94. The normalized spacial score (nSPS) is 18.4. The summed E-state index contributed by atoms with van der Waals surface area (Å²) >= 11 is 0. The van der Waals surface area contributed by atoms with E-state index in [2.05, 4.69) is 15.5 Å². The first-order chi connectivity index (χ1) is 13.2. The van der Waals surface area contributed by atoms with Gasteiger partial charge in [0.15, 0.2) is 0 Å². The van der Waals surface area contributed by atoms with Crippen molar-refractivity contribution in [2.45, 2.75) is 31.4 Å². The van der Waals surface area contributed by atoms with Crippen LogP contribution in [0.2, 0.25) is 0 Å². The van der Waals surface area contributed by atoms with Crippen LogP contribution in [0.3, 0.4) is 0 Å². The zero-order valence-electron chi connectivity index (χ0n) is 16.1. The number of morpholine rings is 1. The van der Waals surface area contributed by atoms with E-state index in [1.807, 2.05) is 41.3 Å². The SMILES string of the molecule is Cl.Cl.NCCC1CN(C(=O)c2ccc(-c3ccc(NC4CC4)nn3)cc2)CCO1. The molecule has 1 aromatic carbocycles. The highest BCUT2D eigenvalue weighted by atomic mass is 35.5. The van der Waals surface area contributed by atoms with Crippen molar-refractivity contribution in [2.75, 3.05) is 31.6 Å². The second-order valence-electron chi connectivity index (χ2n) is 7.12. The molecule has 0 spiro atoms. The number of amides is 1. The molecule has 4 rings (SSSR count). The number of nitrogens with one attached hydrogen (secondary N) is 1. The summed E-state index contributed by atoms with van der Waals surface area (Å²) in [7, 11) is 0. The Morgan fingerprint density at radius 1 is 1.14 bits per heavy atom. The molecule has 1 unspecified atom stereocenters. The van der Waals surface area contributed by atoms with Crippen LogP contribution in [0.25, 0.3) is 11.3 Å². The maximum absolute atomic E-state index is 12.8. The van der Waals surface area contributed by atoms with Crippen LogP contribution in [-0.2, 0) is 4.74 Å². The number of carbonyl (C=O) groups is 1. The van der Waals surface area contributed by atoms with E-state index in [9.17, 15) is 4.79 Å². The number of carbonyl (C=O) groups excluding carboxylic acids is 1. The molecule has 1 saturated heterocycles. The molecule has 7 nitrogen and oxygen atoms in total. The van der Waals surface area contributed by atoms with Crippen molar-refractivity contribution in [1.29, 1.82) is 0 Å². The summed E-state index contributed by atoms with van der Waals surface area (Å²) in [5.41, 5.74) is 8.02. The van der Waals surface area contributed by atoms with Crippen molar-refractivity contribution in [3.8, 4) is 11.3 Å². The van der Waals surface area contributed by atoms with E-state index in [1.54, 1.807) is 0 Å². The van der Waals surface area contributed by atoms with Gasteiger partial charge in [-0.05, 0) is 50.1 Å². The molecule has 2 aliphatic rings. The summed E-state index contributed by atoms with van der Waals surface area (Å²) in [5.74, 6) is 0.842. The van der Waals surface area contributed by atoms with Crippen LogP contribution in [0.1, 0.15) is 29.6 Å². The predicted octanol–water partition coefficient (Wildman–Crippen LogP) is 2.75. The summed E-state index contributed by atoms with van der Waals surface area (Å²) < 4.78 is 5.65. The Morgan fingerprint density at radius 3 is 2.52 bits per heavy atom. The van der Waals surface area contributed by atoms with Gasteiger partial charge in [0, 0.05) is 30.3 Å². The topological polar surface area (TPSA) is 93.4 Å².